The highest BCUT2D eigenvalue weighted by Gasteiger charge is 2.26. The quantitative estimate of drug-likeness (QED) is 0.486. The van der Waals surface area contributed by atoms with Gasteiger partial charge in [-0.05, 0) is 30.7 Å². The molecule has 0 saturated carbocycles. The minimum Gasteiger partial charge on any atom is -0.413 e. The molecular formula is C18H17N2O+. The molecule has 0 bridgehead atoms. The van der Waals surface area contributed by atoms with E-state index in [1.807, 2.05) is 6.07 Å². The molecule has 0 aliphatic carbocycles. The highest BCUT2D eigenvalue weighted by atomic mass is 16.4. The van der Waals surface area contributed by atoms with Crippen molar-refractivity contribution in [1.82, 2.24) is 4.57 Å². The maximum Gasteiger partial charge on any atom is 0.328 e. The average Bonchev–Trinajstić information content (AvgIpc) is 2.97. The van der Waals surface area contributed by atoms with E-state index in [1.54, 1.807) is 0 Å². The third kappa shape index (κ3) is 1.57. The molecular weight excluding hydrogens is 260 g/mol. The Hall–Kier alpha value is -2.55. The number of benzene rings is 2. The second-order valence-electron chi connectivity index (χ2n) is 5.51. The van der Waals surface area contributed by atoms with Gasteiger partial charge in [0, 0.05) is 0 Å². The zero-order valence-corrected chi connectivity index (χ0v) is 12.4. The van der Waals surface area contributed by atoms with Gasteiger partial charge in [0.1, 0.15) is 5.52 Å². The lowest BCUT2D eigenvalue weighted by Gasteiger charge is -2.01. The van der Waals surface area contributed by atoms with Gasteiger partial charge in [-0.15, -0.1) is 0 Å². The number of nitrogens with zero attached hydrogens (tertiary/aromatic N) is 2. The molecule has 0 radical (unpaired) electrons. The Kier molecular flexibility index (Phi) is 2.45. The van der Waals surface area contributed by atoms with Crippen LogP contribution in [0.4, 0.5) is 0 Å². The van der Waals surface area contributed by atoms with Crippen LogP contribution in [0.5, 0.6) is 0 Å². The van der Waals surface area contributed by atoms with E-state index >= 15 is 0 Å². The predicted octanol–water partition coefficient (Wildman–Crippen LogP) is 3.72. The van der Waals surface area contributed by atoms with Gasteiger partial charge in [0.25, 0.3) is 5.89 Å². The summed E-state index contributed by atoms with van der Waals surface area (Å²) in [5.41, 5.74) is 5.61. The maximum atomic E-state index is 6.24. The van der Waals surface area contributed by atoms with Crippen molar-refractivity contribution in [1.29, 1.82) is 0 Å². The number of hydrogen-bond donors (Lipinski definition) is 0. The molecule has 0 amide bonds. The first-order valence-electron chi connectivity index (χ1n) is 7.10. The zero-order chi connectivity index (χ0) is 14.6. The van der Waals surface area contributed by atoms with E-state index in [2.05, 4.69) is 72.6 Å². The van der Waals surface area contributed by atoms with Crippen molar-refractivity contribution in [3.63, 3.8) is 0 Å². The molecule has 21 heavy (non-hydrogen) atoms. The van der Waals surface area contributed by atoms with Crippen LogP contribution in [0.1, 0.15) is 5.56 Å². The van der Waals surface area contributed by atoms with Crippen molar-refractivity contribution in [2.24, 2.45) is 14.1 Å². The van der Waals surface area contributed by atoms with Gasteiger partial charge < -0.3 is 4.42 Å². The van der Waals surface area contributed by atoms with Gasteiger partial charge in [-0.2, -0.15) is 4.57 Å². The fraction of sp³-hybridized carbons (Fsp3) is 0.167. The third-order valence-electron chi connectivity index (χ3n) is 4.23. The second-order valence-corrected chi connectivity index (χ2v) is 5.51. The monoisotopic (exact) mass is 277 g/mol. The van der Waals surface area contributed by atoms with Crippen LogP contribution in [0.25, 0.3) is 33.6 Å². The Labute approximate surface area is 123 Å². The first-order chi connectivity index (χ1) is 10.2. The van der Waals surface area contributed by atoms with Crippen LogP contribution in [0.15, 0.2) is 52.9 Å². The van der Waals surface area contributed by atoms with Gasteiger partial charge in [-0.25, -0.2) is 4.57 Å². The van der Waals surface area contributed by atoms with Crippen LogP contribution in [-0.4, -0.2) is 4.57 Å². The summed E-state index contributed by atoms with van der Waals surface area (Å²) in [5, 5.41) is 1.16. The molecule has 4 aromatic rings. The number of aromatic nitrogens is 2. The summed E-state index contributed by atoms with van der Waals surface area (Å²) >= 11 is 0. The fourth-order valence-corrected chi connectivity index (χ4v) is 3.13. The molecule has 4 rings (SSSR count). The smallest absolute Gasteiger partial charge is 0.328 e. The Morgan fingerprint density at radius 2 is 1.71 bits per heavy atom. The molecule has 2 aromatic heterocycles. The van der Waals surface area contributed by atoms with Crippen molar-refractivity contribution in [2.75, 3.05) is 0 Å². The molecule has 3 heteroatoms. The summed E-state index contributed by atoms with van der Waals surface area (Å²) in [6.45, 7) is 2.11. The van der Waals surface area contributed by atoms with Crippen LogP contribution in [0.2, 0.25) is 0 Å². The Morgan fingerprint density at radius 3 is 2.52 bits per heavy atom. The first-order valence-corrected chi connectivity index (χ1v) is 7.10. The second kappa shape index (κ2) is 4.22. The van der Waals surface area contributed by atoms with Gasteiger partial charge >= 0.3 is 5.65 Å². The lowest BCUT2D eigenvalue weighted by Crippen LogP contribution is -2.30. The summed E-state index contributed by atoms with van der Waals surface area (Å²) in [6.07, 6.45) is 0. The van der Waals surface area contributed by atoms with E-state index in [0.29, 0.717) is 0 Å². The lowest BCUT2D eigenvalue weighted by atomic mass is 10.1. The molecule has 0 atom stereocenters. The molecule has 104 valence electrons. The standard InChI is InChI=1S/C18H17N2O/c1-12-8-4-5-9-13(12)18-20(3)17-16(21-18)14-10-6-7-11-15(14)19(17)2/h4-11H,1-3H3/q+1. The Morgan fingerprint density at radius 1 is 1.00 bits per heavy atom. The largest absolute Gasteiger partial charge is 0.413 e. The van der Waals surface area contributed by atoms with Crippen molar-refractivity contribution < 1.29 is 8.98 Å². The molecule has 3 nitrogen and oxygen atoms in total. The van der Waals surface area contributed by atoms with Crippen molar-refractivity contribution in [3.05, 3.63) is 54.1 Å². The molecule has 0 fully saturated rings. The van der Waals surface area contributed by atoms with Crippen LogP contribution in [0, 0.1) is 6.92 Å². The summed E-state index contributed by atoms with van der Waals surface area (Å²) in [6, 6.07) is 16.7. The number of fused-ring (bicyclic) bond motifs is 3. The topological polar surface area (TPSA) is 21.9 Å². The van der Waals surface area contributed by atoms with Gasteiger partial charge in [0.05, 0.1) is 25.0 Å². The summed E-state index contributed by atoms with van der Waals surface area (Å²) in [5.74, 6) is 0.902. The van der Waals surface area contributed by atoms with Gasteiger partial charge in [-0.3, -0.25) is 0 Å². The van der Waals surface area contributed by atoms with Crippen molar-refractivity contribution in [3.8, 4) is 11.5 Å². The zero-order valence-electron chi connectivity index (χ0n) is 12.4. The SMILES string of the molecule is Cc1ccccc1-c1oc2c3ccccc3n(C)c2[n+]1C. The van der Waals surface area contributed by atoms with Crippen LogP contribution in [-0.2, 0) is 14.1 Å². The maximum absolute atomic E-state index is 6.24. The molecule has 0 saturated heterocycles. The van der Waals surface area contributed by atoms with Gasteiger partial charge in [-0.1, -0.05) is 30.3 Å². The van der Waals surface area contributed by atoms with Gasteiger partial charge in [0.15, 0.2) is 0 Å². The van der Waals surface area contributed by atoms with Crippen LogP contribution in [0.3, 0.4) is 0 Å². The predicted molar refractivity (Wildman–Crippen MR) is 84.0 cm³/mol. The third-order valence-corrected chi connectivity index (χ3v) is 4.23. The summed E-state index contributed by atoms with van der Waals surface area (Å²) in [4.78, 5) is 0. The number of oxazole rings is 1. The Bertz CT molecular complexity index is 976. The van der Waals surface area contributed by atoms with Crippen molar-refractivity contribution in [2.45, 2.75) is 6.92 Å². The van der Waals surface area contributed by atoms with E-state index in [-0.39, 0.29) is 0 Å². The number of para-hydroxylation sites is 1. The highest BCUT2D eigenvalue weighted by Crippen LogP contribution is 2.31. The van der Waals surface area contributed by atoms with E-state index in [1.165, 1.54) is 11.1 Å². The molecule has 2 aromatic carbocycles. The van der Waals surface area contributed by atoms with E-state index in [0.717, 1.165) is 28.1 Å². The Balaban J connectivity index is 2.12. The average molecular weight is 277 g/mol. The molecule has 2 heterocycles. The molecule has 0 N–H and O–H groups in total. The highest BCUT2D eigenvalue weighted by molar-refractivity contribution is 6.02. The summed E-state index contributed by atoms with van der Waals surface area (Å²) in [7, 11) is 4.15. The fourth-order valence-electron chi connectivity index (χ4n) is 3.13. The van der Waals surface area contributed by atoms with Gasteiger partial charge in [0.2, 0.25) is 5.58 Å². The van der Waals surface area contributed by atoms with Crippen molar-refractivity contribution >= 4 is 22.1 Å². The summed E-state index contributed by atoms with van der Waals surface area (Å²) < 4.78 is 10.6. The normalized spacial score (nSPS) is 11.6. The molecule has 0 aliphatic heterocycles. The molecule has 0 unspecified atom stereocenters. The number of rotatable bonds is 1. The lowest BCUT2D eigenvalue weighted by molar-refractivity contribution is -0.640. The number of hydrogen-bond acceptors (Lipinski definition) is 1. The van der Waals surface area contributed by atoms with E-state index in [4.69, 9.17) is 4.42 Å². The minimum absolute atomic E-state index is 0.902. The van der Waals surface area contributed by atoms with E-state index in [9.17, 15) is 0 Å². The first kappa shape index (κ1) is 12.2. The van der Waals surface area contributed by atoms with Crippen LogP contribution < -0.4 is 4.57 Å². The minimum atomic E-state index is 0.902. The number of aryl methyl sites for hydroxylation is 3. The molecule has 0 aliphatic rings. The van der Waals surface area contributed by atoms with E-state index < -0.39 is 0 Å². The van der Waals surface area contributed by atoms with Crippen LogP contribution >= 0.6 is 0 Å². The molecule has 0 spiro atoms.